The van der Waals surface area contributed by atoms with Crippen LogP contribution in [0.4, 0.5) is 0 Å². The summed E-state index contributed by atoms with van der Waals surface area (Å²) in [6, 6.07) is 5.11. The van der Waals surface area contributed by atoms with Crippen molar-refractivity contribution in [2.24, 2.45) is 0 Å². The molecular formula is C13H15ClO3. The van der Waals surface area contributed by atoms with E-state index in [0.29, 0.717) is 22.9 Å². The molecule has 92 valence electrons. The molecule has 3 nitrogen and oxygen atoms in total. The Balaban J connectivity index is 2.08. The minimum Gasteiger partial charge on any atom is -0.486 e. The van der Waals surface area contributed by atoms with Gasteiger partial charge in [0.2, 0.25) is 0 Å². The van der Waals surface area contributed by atoms with Gasteiger partial charge >= 0.3 is 0 Å². The molecule has 0 amide bonds. The van der Waals surface area contributed by atoms with E-state index in [-0.39, 0.29) is 11.9 Å². The standard InChI is InChI=1S/C13H15ClO3/c1-9(15)10-4-5-13(12(14)7-10)17-11-3-2-6-16-8-11/h4-5,7,11H,2-3,6,8H2,1H3. The van der Waals surface area contributed by atoms with Crippen LogP contribution in [0.5, 0.6) is 5.75 Å². The summed E-state index contributed by atoms with van der Waals surface area (Å²) in [4.78, 5) is 11.2. The molecule has 1 fully saturated rings. The zero-order valence-corrected chi connectivity index (χ0v) is 10.5. The van der Waals surface area contributed by atoms with Crippen LogP contribution < -0.4 is 4.74 Å². The Bertz CT molecular complexity index is 411. The average Bonchev–Trinajstić information content (AvgIpc) is 2.33. The lowest BCUT2D eigenvalue weighted by Crippen LogP contribution is -2.28. The molecule has 0 aliphatic carbocycles. The molecule has 0 bridgehead atoms. The topological polar surface area (TPSA) is 35.5 Å². The van der Waals surface area contributed by atoms with Crippen LogP contribution in [0.3, 0.4) is 0 Å². The minimum atomic E-state index is -0.000510. The zero-order valence-electron chi connectivity index (χ0n) is 9.74. The monoisotopic (exact) mass is 254 g/mol. The third kappa shape index (κ3) is 3.20. The van der Waals surface area contributed by atoms with Crippen LogP contribution in [0.25, 0.3) is 0 Å². The first-order valence-electron chi connectivity index (χ1n) is 5.71. The van der Waals surface area contributed by atoms with Gasteiger partial charge in [-0.15, -0.1) is 0 Å². The molecule has 0 spiro atoms. The van der Waals surface area contributed by atoms with E-state index in [0.717, 1.165) is 19.4 Å². The van der Waals surface area contributed by atoms with Crippen LogP contribution in [0.1, 0.15) is 30.1 Å². The summed E-state index contributed by atoms with van der Waals surface area (Å²) in [6.07, 6.45) is 2.04. The van der Waals surface area contributed by atoms with Crippen LogP contribution in [-0.4, -0.2) is 25.1 Å². The van der Waals surface area contributed by atoms with Crippen molar-refractivity contribution in [1.82, 2.24) is 0 Å². The van der Waals surface area contributed by atoms with Gasteiger partial charge in [-0.2, -0.15) is 0 Å². The van der Waals surface area contributed by atoms with Gasteiger partial charge in [0.15, 0.2) is 5.78 Å². The van der Waals surface area contributed by atoms with Gasteiger partial charge in [0.1, 0.15) is 11.9 Å². The van der Waals surface area contributed by atoms with Crippen molar-refractivity contribution in [2.45, 2.75) is 25.9 Å². The highest BCUT2D eigenvalue weighted by Crippen LogP contribution is 2.27. The van der Waals surface area contributed by atoms with E-state index < -0.39 is 0 Å². The van der Waals surface area contributed by atoms with Crippen molar-refractivity contribution >= 4 is 17.4 Å². The summed E-state index contributed by atoms with van der Waals surface area (Å²) in [7, 11) is 0. The molecule has 1 aliphatic heterocycles. The van der Waals surface area contributed by atoms with Gasteiger partial charge in [0.05, 0.1) is 11.6 Å². The lowest BCUT2D eigenvalue weighted by atomic mass is 10.1. The Kier molecular flexibility index (Phi) is 4.02. The molecule has 1 atom stereocenters. The van der Waals surface area contributed by atoms with E-state index >= 15 is 0 Å². The van der Waals surface area contributed by atoms with E-state index in [9.17, 15) is 4.79 Å². The van der Waals surface area contributed by atoms with Gasteiger partial charge in [-0.3, -0.25) is 4.79 Å². The lowest BCUT2D eigenvalue weighted by molar-refractivity contribution is 0.00747. The van der Waals surface area contributed by atoms with Gasteiger partial charge in [-0.1, -0.05) is 11.6 Å². The predicted molar refractivity (Wildman–Crippen MR) is 65.9 cm³/mol. The van der Waals surface area contributed by atoms with Gasteiger partial charge < -0.3 is 9.47 Å². The maximum Gasteiger partial charge on any atom is 0.159 e. The number of ketones is 1. The SMILES string of the molecule is CC(=O)c1ccc(OC2CCCOC2)c(Cl)c1. The Labute approximate surface area is 106 Å². The number of hydrogen-bond acceptors (Lipinski definition) is 3. The Morgan fingerprint density at radius 2 is 2.35 bits per heavy atom. The molecule has 0 aromatic heterocycles. The highest BCUT2D eigenvalue weighted by Gasteiger charge is 2.17. The van der Waals surface area contributed by atoms with Gasteiger partial charge in [-0.25, -0.2) is 0 Å². The maximum absolute atomic E-state index is 11.2. The van der Waals surface area contributed by atoms with Crippen molar-refractivity contribution in [1.29, 1.82) is 0 Å². The quantitative estimate of drug-likeness (QED) is 0.778. The molecule has 1 saturated heterocycles. The second kappa shape index (κ2) is 5.52. The molecule has 0 radical (unpaired) electrons. The molecule has 17 heavy (non-hydrogen) atoms. The number of ether oxygens (including phenoxy) is 2. The summed E-state index contributed by atoms with van der Waals surface area (Å²) >= 11 is 6.07. The molecule has 1 aromatic carbocycles. The third-order valence-electron chi connectivity index (χ3n) is 2.75. The number of carbonyl (C=O) groups excluding carboxylic acids is 1. The average molecular weight is 255 g/mol. The largest absolute Gasteiger partial charge is 0.486 e. The molecule has 1 heterocycles. The van der Waals surface area contributed by atoms with Crippen molar-refractivity contribution in [3.63, 3.8) is 0 Å². The fourth-order valence-corrected chi connectivity index (χ4v) is 2.02. The van der Waals surface area contributed by atoms with Crippen molar-refractivity contribution in [3.05, 3.63) is 28.8 Å². The highest BCUT2D eigenvalue weighted by atomic mass is 35.5. The molecule has 0 N–H and O–H groups in total. The number of benzene rings is 1. The smallest absolute Gasteiger partial charge is 0.159 e. The molecule has 2 rings (SSSR count). The summed E-state index contributed by atoms with van der Waals surface area (Å²) < 4.78 is 11.1. The lowest BCUT2D eigenvalue weighted by Gasteiger charge is -2.23. The normalized spacial score (nSPS) is 20.0. The Morgan fingerprint density at radius 3 is 2.94 bits per heavy atom. The van der Waals surface area contributed by atoms with Crippen molar-refractivity contribution in [2.75, 3.05) is 13.2 Å². The Hall–Kier alpha value is -1.06. The summed E-state index contributed by atoms with van der Waals surface area (Å²) in [5.74, 6) is 0.617. The fourth-order valence-electron chi connectivity index (χ4n) is 1.80. The van der Waals surface area contributed by atoms with Crippen LogP contribution >= 0.6 is 11.6 Å². The summed E-state index contributed by atoms with van der Waals surface area (Å²) in [5.41, 5.74) is 0.599. The molecule has 4 heteroatoms. The summed E-state index contributed by atoms with van der Waals surface area (Å²) in [6.45, 7) is 2.92. The number of hydrogen-bond donors (Lipinski definition) is 0. The van der Waals surface area contributed by atoms with E-state index in [1.165, 1.54) is 6.92 Å². The first kappa shape index (κ1) is 12.4. The van der Waals surface area contributed by atoms with E-state index in [4.69, 9.17) is 21.1 Å². The molecule has 0 saturated carbocycles. The minimum absolute atomic E-state index is 0.000510. The van der Waals surface area contributed by atoms with E-state index in [2.05, 4.69) is 0 Å². The van der Waals surface area contributed by atoms with Crippen molar-refractivity contribution in [3.8, 4) is 5.75 Å². The molecular weight excluding hydrogens is 240 g/mol. The first-order valence-corrected chi connectivity index (χ1v) is 6.09. The summed E-state index contributed by atoms with van der Waals surface area (Å²) in [5, 5.41) is 0.475. The number of Topliss-reactive ketones (excluding diaryl/α,β-unsaturated/α-hetero) is 1. The van der Waals surface area contributed by atoms with Crippen LogP contribution in [-0.2, 0) is 4.74 Å². The molecule has 1 unspecified atom stereocenters. The Morgan fingerprint density at radius 1 is 1.53 bits per heavy atom. The van der Waals surface area contributed by atoms with Gasteiger partial charge in [0.25, 0.3) is 0 Å². The van der Waals surface area contributed by atoms with Crippen LogP contribution in [0.2, 0.25) is 5.02 Å². The second-order valence-electron chi connectivity index (χ2n) is 4.16. The predicted octanol–water partition coefficient (Wildman–Crippen LogP) is 3.10. The molecule has 1 aliphatic rings. The maximum atomic E-state index is 11.2. The second-order valence-corrected chi connectivity index (χ2v) is 4.57. The van der Waals surface area contributed by atoms with Crippen LogP contribution in [0, 0.1) is 0 Å². The third-order valence-corrected chi connectivity index (χ3v) is 3.05. The van der Waals surface area contributed by atoms with E-state index in [1.807, 2.05) is 0 Å². The highest BCUT2D eigenvalue weighted by molar-refractivity contribution is 6.32. The number of rotatable bonds is 3. The fraction of sp³-hybridized carbons (Fsp3) is 0.462. The first-order chi connectivity index (χ1) is 8.16. The number of halogens is 1. The van der Waals surface area contributed by atoms with Crippen molar-refractivity contribution < 1.29 is 14.3 Å². The number of carbonyl (C=O) groups is 1. The zero-order chi connectivity index (χ0) is 12.3. The van der Waals surface area contributed by atoms with E-state index in [1.54, 1.807) is 18.2 Å². The molecule has 1 aromatic rings. The van der Waals surface area contributed by atoms with Gasteiger partial charge in [0, 0.05) is 12.2 Å². The van der Waals surface area contributed by atoms with Crippen LogP contribution in [0.15, 0.2) is 18.2 Å². The van der Waals surface area contributed by atoms with Gasteiger partial charge in [-0.05, 0) is 38.0 Å².